The van der Waals surface area contributed by atoms with Crippen LogP contribution in [-0.2, 0) is 24.2 Å². The second-order valence-corrected chi connectivity index (χ2v) is 7.60. The molecule has 1 amide bonds. The molecule has 0 unspecified atom stereocenters. The number of carbonyl (C=O) groups excluding carboxylic acids is 1. The molecule has 1 aliphatic heterocycles. The van der Waals surface area contributed by atoms with Crippen molar-refractivity contribution in [1.82, 2.24) is 4.90 Å². The fourth-order valence-corrected chi connectivity index (χ4v) is 4.37. The summed E-state index contributed by atoms with van der Waals surface area (Å²) >= 11 is 0. The summed E-state index contributed by atoms with van der Waals surface area (Å²) in [6.07, 6.45) is 0.763. The normalized spacial score (nSPS) is 30.9. The van der Waals surface area contributed by atoms with E-state index in [0.717, 1.165) is 0 Å². The monoisotopic (exact) mass is 305 g/mol. The number of carboxylic acid groups (broad SMARTS) is 1. The summed E-state index contributed by atoms with van der Waals surface area (Å²) in [6.45, 7) is 0.616. The molecule has 1 saturated carbocycles. The first-order valence-electron chi connectivity index (χ1n) is 6.58. The zero-order valence-corrected chi connectivity index (χ0v) is 12.1. The van der Waals surface area contributed by atoms with Crippen LogP contribution in [0, 0.1) is 11.8 Å². The predicted octanol–water partition coefficient (Wildman–Crippen LogP) is -0.631. The Hall–Kier alpha value is -1.15. The molecule has 2 fully saturated rings. The minimum atomic E-state index is -3.09. The maximum absolute atomic E-state index is 12.3. The van der Waals surface area contributed by atoms with Crippen molar-refractivity contribution in [3.05, 3.63) is 0 Å². The highest BCUT2D eigenvalue weighted by Crippen LogP contribution is 2.40. The number of carbonyl (C=O) groups is 2. The van der Waals surface area contributed by atoms with Crippen molar-refractivity contribution in [2.45, 2.75) is 18.9 Å². The lowest BCUT2D eigenvalue weighted by Gasteiger charge is -2.28. The van der Waals surface area contributed by atoms with Crippen LogP contribution in [0.15, 0.2) is 0 Å². The van der Waals surface area contributed by atoms with Gasteiger partial charge in [-0.2, -0.15) is 0 Å². The summed E-state index contributed by atoms with van der Waals surface area (Å²) in [5.74, 6) is -2.29. The number of hydrogen-bond acceptors (Lipinski definition) is 5. The molecule has 20 heavy (non-hydrogen) atoms. The number of ether oxygens (including phenoxy) is 1. The summed E-state index contributed by atoms with van der Waals surface area (Å²) in [5.41, 5.74) is 0. The van der Waals surface area contributed by atoms with E-state index in [0.29, 0.717) is 26.0 Å². The van der Waals surface area contributed by atoms with Crippen LogP contribution in [0.2, 0.25) is 0 Å². The smallest absolute Gasteiger partial charge is 0.307 e. The first kappa shape index (κ1) is 15.2. The molecule has 7 nitrogen and oxygen atoms in total. The number of rotatable bonds is 6. The number of amides is 1. The SMILES string of the molecule is COCCN(C(=O)[C@@H]1C[C@@H]1C(=O)O)[C@@H]1CCS(=O)(=O)C1. The summed E-state index contributed by atoms with van der Waals surface area (Å²) in [6, 6.07) is -0.349. The van der Waals surface area contributed by atoms with E-state index in [4.69, 9.17) is 9.84 Å². The minimum absolute atomic E-state index is 0.0348. The quantitative estimate of drug-likeness (QED) is 0.701. The second kappa shape index (κ2) is 5.69. The summed E-state index contributed by atoms with van der Waals surface area (Å²) in [4.78, 5) is 24.7. The summed E-state index contributed by atoms with van der Waals surface area (Å²) in [5, 5.41) is 8.89. The predicted molar refractivity (Wildman–Crippen MR) is 69.9 cm³/mol. The number of nitrogens with zero attached hydrogens (tertiary/aromatic N) is 1. The van der Waals surface area contributed by atoms with Crippen molar-refractivity contribution < 1.29 is 27.9 Å². The van der Waals surface area contributed by atoms with E-state index in [2.05, 4.69) is 0 Å². The largest absolute Gasteiger partial charge is 0.481 e. The van der Waals surface area contributed by atoms with Gasteiger partial charge in [0.25, 0.3) is 0 Å². The topological polar surface area (TPSA) is 101 Å². The third-order valence-corrected chi connectivity index (χ3v) is 5.64. The Labute approximate surface area is 117 Å². The Morgan fingerprint density at radius 3 is 2.50 bits per heavy atom. The molecule has 3 atom stereocenters. The zero-order valence-electron chi connectivity index (χ0n) is 11.3. The molecule has 1 aliphatic carbocycles. The second-order valence-electron chi connectivity index (χ2n) is 5.37. The molecule has 1 heterocycles. The van der Waals surface area contributed by atoms with Crippen molar-refractivity contribution in [3.63, 3.8) is 0 Å². The zero-order chi connectivity index (χ0) is 14.9. The van der Waals surface area contributed by atoms with Gasteiger partial charge in [0.1, 0.15) is 0 Å². The number of carboxylic acids is 1. The Morgan fingerprint density at radius 2 is 2.05 bits per heavy atom. The molecular weight excluding hydrogens is 286 g/mol. The van der Waals surface area contributed by atoms with Gasteiger partial charge in [0.15, 0.2) is 9.84 Å². The molecular formula is C12H19NO6S. The van der Waals surface area contributed by atoms with Gasteiger partial charge in [-0.05, 0) is 12.8 Å². The van der Waals surface area contributed by atoms with Crippen molar-refractivity contribution in [3.8, 4) is 0 Å². The minimum Gasteiger partial charge on any atom is -0.481 e. The molecule has 0 aromatic rings. The molecule has 0 aromatic carbocycles. The van der Waals surface area contributed by atoms with Gasteiger partial charge >= 0.3 is 5.97 Å². The lowest BCUT2D eigenvalue weighted by atomic mass is 10.2. The van der Waals surface area contributed by atoms with E-state index in [9.17, 15) is 18.0 Å². The van der Waals surface area contributed by atoms with Crippen LogP contribution in [-0.4, -0.2) is 68.1 Å². The lowest BCUT2D eigenvalue weighted by Crippen LogP contribution is -2.44. The molecule has 0 aromatic heterocycles. The van der Waals surface area contributed by atoms with Crippen LogP contribution in [0.1, 0.15) is 12.8 Å². The fraction of sp³-hybridized carbons (Fsp3) is 0.833. The molecule has 0 bridgehead atoms. The first-order chi connectivity index (χ1) is 9.35. The Bertz CT molecular complexity index is 502. The van der Waals surface area contributed by atoms with Crippen molar-refractivity contribution in [2.75, 3.05) is 31.8 Å². The standard InChI is InChI=1S/C12H19NO6S/c1-19-4-3-13(8-2-5-20(17,18)7-8)11(14)9-6-10(9)12(15)16/h8-10H,2-7H2,1H3,(H,15,16)/t8-,9-,10+/m1/s1. The van der Waals surface area contributed by atoms with Crippen LogP contribution in [0.5, 0.6) is 0 Å². The average molecular weight is 305 g/mol. The van der Waals surface area contributed by atoms with Gasteiger partial charge in [0.05, 0.1) is 29.9 Å². The van der Waals surface area contributed by atoms with E-state index >= 15 is 0 Å². The van der Waals surface area contributed by atoms with Gasteiger partial charge < -0.3 is 14.7 Å². The molecule has 0 radical (unpaired) electrons. The molecule has 1 saturated heterocycles. The van der Waals surface area contributed by atoms with Crippen LogP contribution in [0.3, 0.4) is 0 Å². The molecule has 1 N–H and O–H groups in total. The van der Waals surface area contributed by atoms with E-state index in [1.54, 1.807) is 0 Å². The van der Waals surface area contributed by atoms with Crippen LogP contribution in [0.4, 0.5) is 0 Å². The number of methoxy groups -OCH3 is 1. The van der Waals surface area contributed by atoms with E-state index in [1.165, 1.54) is 12.0 Å². The van der Waals surface area contributed by atoms with Gasteiger partial charge in [-0.15, -0.1) is 0 Å². The fourth-order valence-electron chi connectivity index (χ4n) is 2.64. The third kappa shape index (κ3) is 3.29. The van der Waals surface area contributed by atoms with Crippen LogP contribution < -0.4 is 0 Å². The Balaban J connectivity index is 2.04. The van der Waals surface area contributed by atoms with Gasteiger partial charge in [-0.1, -0.05) is 0 Å². The molecule has 8 heteroatoms. The van der Waals surface area contributed by atoms with Crippen molar-refractivity contribution in [2.24, 2.45) is 11.8 Å². The Morgan fingerprint density at radius 1 is 1.35 bits per heavy atom. The molecule has 0 spiro atoms. The van der Waals surface area contributed by atoms with Gasteiger partial charge in [-0.25, -0.2) is 8.42 Å². The Kier molecular flexibility index (Phi) is 4.33. The highest BCUT2D eigenvalue weighted by molar-refractivity contribution is 7.91. The highest BCUT2D eigenvalue weighted by atomic mass is 32.2. The van der Waals surface area contributed by atoms with E-state index in [-0.39, 0.29) is 23.5 Å². The maximum Gasteiger partial charge on any atom is 0.307 e. The number of hydrogen-bond donors (Lipinski definition) is 1. The van der Waals surface area contributed by atoms with Crippen LogP contribution >= 0.6 is 0 Å². The van der Waals surface area contributed by atoms with E-state index < -0.39 is 27.6 Å². The molecule has 114 valence electrons. The maximum atomic E-state index is 12.3. The highest BCUT2D eigenvalue weighted by Gasteiger charge is 2.51. The van der Waals surface area contributed by atoms with Crippen molar-refractivity contribution in [1.29, 1.82) is 0 Å². The molecule has 2 rings (SSSR count). The van der Waals surface area contributed by atoms with Gasteiger partial charge in [0, 0.05) is 19.7 Å². The first-order valence-corrected chi connectivity index (χ1v) is 8.40. The van der Waals surface area contributed by atoms with Gasteiger partial charge in [0.2, 0.25) is 5.91 Å². The van der Waals surface area contributed by atoms with E-state index in [1.807, 2.05) is 0 Å². The average Bonchev–Trinajstić information content (AvgIpc) is 3.09. The number of aliphatic carboxylic acids is 1. The van der Waals surface area contributed by atoms with Crippen LogP contribution in [0.25, 0.3) is 0 Å². The summed E-state index contributed by atoms with van der Waals surface area (Å²) < 4.78 is 28.0. The molecule has 2 aliphatic rings. The van der Waals surface area contributed by atoms with Crippen molar-refractivity contribution >= 4 is 21.7 Å². The number of sulfone groups is 1. The van der Waals surface area contributed by atoms with Gasteiger partial charge in [-0.3, -0.25) is 9.59 Å². The lowest BCUT2D eigenvalue weighted by molar-refractivity contribution is -0.142. The summed E-state index contributed by atoms with van der Waals surface area (Å²) in [7, 11) is -1.58. The third-order valence-electron chi connectivity index (χ3n) is 3.89.